The van der Waals surface area contributed by atoms with E-state index < -0.39 is 23.0 Å². The molecule has 0 heterocycles. The summed E-state index contributed by atoms with van der Waals surface area (Å²) in [5.74, 6) is -2.35. The van der Waals surface area contributed by atoms with Crippen LogP contribution in [0.25, 0.3) is 0 Å². The average molecular weight is 227 g/mol. The predicted octanol–water partition coefficient (Wildman–Crippen LogP) is 1.65. The number of ether oxygens (including phenoxy) is 1. The standard InChI is InChI=1S/C11H11F2NO2/c1-16-9-5-7(12)6(4-8(9)13)10(15)11(14)2-3-11/h4-5H,2-3,14H2,1H3. The van der Waals surface area contributed by atoms with Gasteiger partial charge in [-0.1, -0.05) is 0 Å². The topological polar surface area (TPSA) is 52.3 Å². The Labute approximate surface area is 91.2 Å². The summed E-state index contributed by atoms with van der Waals surface area (Å²) < 4.78 is 31.4. The molecule has 0 saturated heterocycles. The first-order valence-electron chi connectivity index (χ1n) is 4.84. The number of rotatable bonds is 3. The number of Topliss-reactive ketones (excluding diaryl/α,β-unsaturated/α-hetero) is 1. The quantitative estimate of drug-likeness (QED) is 0.799. The minimum Gasteiger partial charge on any atom is -0.494 e. The van der Waals surface area contributed by atoms with Crippen LogP contribution < -0.4 is 10.5 Å². The highest BCUT2D eigenvalue weighted by Gasteiger charge is 2.47. The van der Waals surface area contributed by atoms with Gasteiger partial charge in [-0.15, -0.1) is 0 Å². The summed E-state index contributed by atoms with van der Waals surface area (Å²) >= 11 is 0. The van der Waals surface area contributed by atoms with E-state index in [0.29, 0.717) is 12.8 Å². The molecule has 0 atom stereocenters. The van der Waals surface area contributed by atoms with Crippen LogP contribution in [0.15, 0.2) is 12.1 Å². The van der Waals surface area contributed by atoms with E-state index in [4.69, 9.17) is 5.73 Å². The first-order chi connectivity index (χ1) is 7.48. The van der Waals surface area contributed by atoms with Gasteiger partial charge in [0.1, 0.15) is 5.82 Å². The fourth-order valence-electron chi connectivity index (χ4n) is 1.49. The van der Waals surface area contributed by atoms with Gasteiger partial charge in [0.15, 0.2) is 17.3 Å². The second-order valence-corrected chi connectivity index (χ2v) is 3.95. The number of hydrogen-bond acceptors (Lipinski definition) is 3. The highest BCUT2D eigenvalue weighted by atomic mass is 19.1. The van der Waals surface area contributed by atoms with Crippen LogP contribution in [-0.4, -0.2) is 18.4 Å². The monoisotopic (exact) mass is 227 g/mol. The lowest BCUT2D eigenvalue weighted by Gasteiger charge is -2.10. The SMILES string of the molecule is COc1cc(F)c(C(=O)C2(N)CC2)cc1F. The molecule has 2 rings (SSSR count). The first kappa shape index (κ1) is 11.0. The van der Waals surface area contributed by atoms with Crippen molar-refractivity contribution in [2.45, 2.75) is 18.4 Å². The van der Waals surface area contributed by atoms with Crippen LogP contribution in [0.2, 0.25) is 0 Å². The molecular formula is C11H11F2NO2. The summed E-state index contributed by atoms with van der Waals surface area (Å²) in [6.07, 6.45) is 1.03. The zero-order chi connectivity index (χ0) is 11.9. The Hall–Kier alpha value is -1.49. The smallest absolute Gasteiger partial charge is 0.185 e. The van der Waals surface area contributed by atoms with Crippen LogP contribution in [0.1, 0.15) is 23.2 Å². The largest absolute Gasteiger partial charge is 0.494 e. The lowest BCUT2D eigenvalue weighted by molar-refractivity contribution is 0.0944. The van der Waals surface area contributed by atoms with Gasteiger partial charge in [0.2, 0.25) is 0 Å². The number of benzene rings is 1. The Morgan fingerprint density at radius 2 is 2.00 bits per heavy atom. The molecule has 5 heteroatoms. The van der Waals surface area contributed by atoms with Crippen molar-refractivity contribution in [3.8, 4) is 5.75 Å². The van der Waals surface area contributed by atoms with E-state index in [-0.39, 0.29) is 11.3 Å². The van der Waals surface area contributed by atoms with Gasteiger partial charge in [0, 0.05) is 6.07 Å². The number of ketones is 1. The summed E-state index contributed by atoms with van der Waals surface area (Å²) in [6, 6.07) is 1.69. The molecule has 0 spiro atoms. The second kappa shape index (κ2) is 3.52. The molecule has 1 saturated carbocycles. The van der Waals surface area contributed by atoms with Crippen LogP contribution in [0.5, 0.6) is 5.75 Å². The normalized spacial score (nSPS) is 17.0. The van der Waals surface area contributed by atoms with E-state index in [1.54, 1.807) is 0 Å². The Morgan fingerprint density at radius 3 is 2.50 bits per heavy atom. The van der Waals surface area contributed by atoms with Crippen LogP contribution in [0.3, 0.4) is 0 Å². The van der Waals surface area contributed by atoms with Crippen molar-refractivity contribution in [2.75, 3.05) is 7.11 Å². The van der Waals surface area contributed by atoms with E-state index in [0.717, 1.165) is 12.1 Å². The van der Waals surface area contributed by atoms with Crippen LogP contribution in [0.4, 0.5) is 8.78 Å². The molecule has 3 nitrogen and oxygen atoms in total. The summed E-state index contributed by atoms with van der Waals surface area (Å²) in [5.41, 5.74) is 4.34. The molecule has 86 valence electrons. The first-order valence-corrected chi connectivity index (χ1v) is 4.84. The molecule has 0 aromatic heterocycles. The molecule has 0 radical (unpaired) electrons. The minimum atomic E-state index is -0.998. The lowest BCUT2D eigenvalue weighted by Crippen LogP contribution is -2.33. The number of carbonyl (C=O) groups is 1. The number of halogens is 2. The maximum Gasteiger partial charge on any atom is 0.185 e. The molecule has 0 amide bonds. The molecule has 1 fully saturated rings. The molecule has 0 bridgehead atoms. The molecule has 16 heavy (non-hydrogen) atoms. The fraction of sp³-hybridized carbons (Fsp3) is 0.364. The van der Waals surface area contributed by atoms with Crippen LogP contribution in [0, 0.1) is 11.6 Å². The van der Waals surface area contributed by atoms with Crippen molar-refractivity contribution < 1.29 is 18.3 Å². The van der Waals surface area contributed by atoms with Gasteiger partial charge in [0.25, 0.3) is 0 Å². The molecule has 0 unspecified atom stereocenters. The van der Waals surface area contributed by atoms with Gasteiger partial charge in [-0.25, -0.2) is 8.78 Å². The lowest BCUT2D eigenvalue weighted by atomic mass is 10.0. The van der Waals surface area contributed by atoms with Gasteiger partial charge in [0.05, 0.1) is 18.2 Å². The molecule has 0 aliphatic heterocycles. The summed E-state index contributed by atoms with van der Waals surface area (Å²) in [5, 5.41) is 0. The maximum absolute atomic E-state index is 13.5. The van der Waals surface area contributed by atoms with Crippen LogP contribution in [-0.2, 0) is 0 Å². The maximum atomic E-state index is 13.5. The Kier molecular flexibility index (Phi) is 2.42. The third-order valence-electron chi connectivity index (χ3n) is 2.73. The zero-order valence-corrected chi connectivity index (χ0v) is 8.72. The highest BCUT2D eigenvalue weighted by molar-refractivity contribution is 6.05. The third kappa shape index (κ3) is 1.67. The second-order valence-electron chi connectivity index (χ2n) is 3.95. The summed E-state index contributed by atoms with van der Waals surface area (Å²) in [6.45, 7) is 0. The number of nitrogens with two attached hydrogens (primary N) is 1. The van der Waals surface area contributed by atoms with E-state index in [9.17, 15) is 13.6 Å². The highest BCUT2D eigenvalue weighted by Crippen LogP contribution is 2.36. The van der Waals surface area contributed by atoms with Crippen molar-refractivity contribution in [3.63, 3.8) is 0 Å². The van der Waals surface area contributed by atoms with E-state index >= 15 is 0 Å². The fourth-order valence-corrected chi connectivity index (χ4v) is 1.49. The number of methoxy groups -OCH3 is 1. The van der Waals surface area contributed by atoms with E-state index in [2.05, 4.69) is 4.74 Å². The van der Waals surface area contributed by atoms with Crippen LogP contribution >= 0.6 is 0 Å². The van der Waals surface area contributed by atoms with E-state index in [1.165, 1.54) is 7.11 Å². The Bertz CT molecular complexity index is 456. The molecule has 1 aromatic carbocycles. The molecule has 1 aromatic rings. The number of carbonyl (C=O) groups excluding carboxylic acids is 1. The van der Waals surface area contributed by atoms with Crippen molar-refractivity contribution >= 4 is 5.78 Å². The zero-order valence-electron chi connectivity index (χ0n) is 8.72. The Balaban J connectivity index is 2.42. The van der Waals surface area contributed by atoms with Crippen molar-refractivity contribution in [1.82, 2.24) is 0 Å². The van der Waals surface area contributed by atoms with Crippen molar-refractivity contribution in [3.05, 3.63) is 29.3 Å². The van der Waals surface area contributed by atoms with Gasteiger partial charge >= 0.3 is 0 Å². The minimum absolute atomic E-state index is 0.226. The predicted molar refractivity (Wildman–Crippen MR) is 53.4 cm³/mol. The van der Waals surface area contributed by atoms with Gasteiger partial charge in [-0.05, 0) is 18.9 Å². The molecule has 1 aliphatic carbocycles. The summed E-state index contributed by atoms with van der Waals surface area (Å²) in [7, 11) is 1.23. The van der Waals surface area contributed by atoms with Gasteiger partial charge in [-0.3, -0.25) is 4.79 Å². The molecule has 1 aliphatic rings. The molecular weight excluding hydrogens is 216 g/mol. The Morgan fingerprint density at radius 1 is 1.38 bits per heavy atom. The van der Waals surface area contributed by atoms with Crippen molar-refractivity contribution in [1.29, 1.82) is 0 Å². The van der Waals surface area contributed by atoms with E-state index in [1.807, 2.05) is 0 Å². The molecule has 2 N–H and O–H groups in total. The van der Waals surface area contributed by atoms with Crippen molar-refractivity contribution in [2.24, 2.45) is 5.73 Å². The number of hydrogen-bond donors (Lipinski definition) is 1. The van der Waals surface area contributed by atoms with Gasteiger partial charge < -0.3 is 10.5 Å². The average Bonchev–Trinajstić information content (AvgIpc) is 2.99. The van der Waals surface area contributed by atoms with Gasteiger partial charge in [-0.2, -0.15) is 0 Å². The third-order valence-corrected chi connectivity index (χ3v) is 2.73. The summed E-state index contributed by atoms with van der Waals surface area (Å²) in [4.78, 5) is 11.7.